The van der Waals surface area contributed by atoms with Crippen LogP contribution in [0.2, 0.25) is 0 Å². The van der Waals surface area contributed by atoms with Gasteiger partial charge in [-0.1, -0.05) is 59.6 Å². The number of hydrogen-bond acceptors (Lipinski definition) is 3. The second-order valence-electron chi connectivity index (χ2n) is 11.4. The van der Waals surface area contributed by atoms with Crippen molar-refractivity contribution in [1.29, 1.82) is 0 Å². The van der Waals surface area contributed by atoms with E-state index >= 15 is 0 Å². The SMILES string of the molecule is CCCCC(Oc1ccc(C(NCC)C(C)(C)C)cc1)OC1CC2CC1C1CCCC21. The molecule has 3 nitrogen and oxygen atoms in total. The lowest BCUT2D eigenvalue weighted by atomic mass is 9.80. The predicted molar refractivity (Wildman–Crippen MR) is 128 cm³/mol. The minimum absolute atomic E-state index is 0.109. The Kier molecular flexibility index (Phi) is 7.33. The summed E-state index contributed by atoms with van der Waals surface area (Å²) in [6.45, 7) is 12.3. The van der Waals surface area contributed by atoms with Crippen molar-refractivity contribution < 1.29 is 9.47 Å². The van der Waals surface area contributed by atoms with Crippen molar-refractivity contribution >= 4 is 0 Å². The molecule has 3 aliphatic carbocycles. The van der Waals surface area contributed by atoms with E-state index in [0.29, 0.717) is 12.1 Å². The first-order valence-electron chi connectivity index (χ1n) is 13.1. The van der Waals surface area contributed by atoms with Gasteiger partial charge in [0.15, 0.2) is 6.29 Å². The summed E-state index contributed by atoms with van der Waals surface area (Å²) in [5.74, 6) is 4.61. The molecule has 2 bridgehead atoms. The number of ether oxygens (including phenoxy) is 2. The first kappa shape index (κ1) is 23.1. The van der Waals surface area contributed by atoms with Gasteiger partial charge in [0.2, 0.25) is 0 Å². The first-order valence-corrected chi connectivity index (χ1v) is 13.1. The van der Waals surface area contributed by atoms with Crippen molar-refractivity contribution in [3.05, 3.63) is 29.8 Å². The van der Waals surface area contributed by atoms with Crippen molar-refractivity contribution in [1.82, 2.24) is 5.32 Å². The Bertz CT molecular complexity index is 694. The van der Waals surface area contributed by atoms with Crippen molar-refractivity contribution in [2.24, 2.45) is 29.1 Å². The molecule has 1 aromatic rings. The smallest absolute Gasteiger partial charge is 0.200 e. The van der Waals surface area contributed by atoms with E-state index in [1.807, 2.05) is 0 Å². The largest absolute Gasteiger partial charge is 0.465 e. The van der Waals surface area contributed by atoms with E-state index in [2.05, 4.69) is 64.2 Å². The Hall–Kier alpha value is -1.06. The van der Waals surface area contributed by atoms with Crippen LogP contribution >= 0.6 is 0 Å². The monoisotopic (exact) mass is 427 g/mol. The van der Waals surface area contributed by atoms with Crippen LogP contribution in [-0.2, 0) is 4.74 Å². The van der Waals surface area contributed by atoms with Gasteiger partial charge in [0, 0.05) is 12.5 Å². The van der Waals surface area contributed by atoms with E-state index in [0.717, 1.165) is 48.8 Å². The molecule has 7 unspecified atom stereocenters. The summed E-state index contributed by atoms with van der Waals surface area (Å²) in [6, 6.07) is 9.08. The van der Waals surface area contributed by atoms with Crippen molar-refractivity contribution in [2.75, 3.05) is 6.54 Å². The highest BCUT2D eigenvalue weighted by molar-refractivity contribution is 5.30. The average molecular weight is 428 g/mol. The van der Waals surface area contributed by atoms with Gasteiger partial charge in [0.25, 0.3) is 0 Å². The quantitative estimate of drug-likeness (QED) is 0.403. The second-order valence-corrected chi connectivity index (χ2v) is 11.4. The van der Waals surface area contributed by atoms with Gasteiger partial charge in [0.05, 0.1) is 6.10 Å². The van der Waals surface area contributed by atoms with E-state index < -0.39 is 0 Å². The number of unbranched alkanes of at least 4 members (excludes halogenated alkanes) is 1. The Balaban J connectivity index is 1.40. The Labute approximate surface area is 190 Å². The molecule has 31 heavy (non-hydrogen) atoms. The molecule has 1 N–H and O–H groups in total. The zero-order valence-corrected chi connectivity index (χ0v) is 20.5. The summed E-state index contributed by atoms with van der Waals surface area (Å²) in [6.07, 6.45) is 10.7. The van der Waals surface area contributed by atoms with Crippen molar-refractivity contribution in [3.8, 4) is 5.75 Å². The van der Waals surface area contributed by atoms with Gasteiger partial charge < -0.3 is 14.8 Å². The van der Waals surface area contributed by atoms with E-state index in [1.54, 1.807) is 0 Å². The highest BCUT2D eigenvalue weighted by Gasteiger charge is 2.54. The number of hydrogen-bond donors (Lipinski definition) is 1. The molecule has 3 aliphatic rings. The van der Waals surface area contributed by atoms with Gasteiger partial charge in [-0.05, 0) is 85.4 Å². The standard InChI is InChI=1S/C28H45NO2/c1-6-8-12-26(31-25-18-20-17-24(25)23-11-9-10-22(20)23)30-21-15-13-19(14-16-21)27(29-7-2)28(3,4)5/h13-16,20,22-27,29H,6-12,17-18H2,1-5H3. The molecule has 3 heteroatoms. The second kappa shape index (κ2) is 9.83. The Morgan fingerprint density at radius 2 is 1.74 bits per heavy atom. The van der Waals surface area contributed by atoms with Crippen LogP contribution in [0.25, 0.3) is 0 Å². The van der Waals surface area contributed by atoms with Gasteiger partial charge in [-0.25, -0.2) is 0 Å². The molecule has 7 atom stereocenters. The number of rotatable bonds is 10. The minimum Gasteiger partial charge on any atom is -0.465 e. The highest BCUT2D eigenvalue weighted by atomic mass is 16.7. The number of benzene rings is 1. The lowest BCUT2D eigenvalue weighted by molar-refractivity contribution is -0.146. The fourth-order valence-electron chi connectivity index (χ4n) is 6.90. The molecule has 1 aromatic carbocycles. The molecule has 0 aromatic heterocycles. The lowest BCUT2D eigenvalue weighted by Crippen LogP contribution is -2.35. The van der Waals surface area contributed by atoms with Gasteiger partial charge >= 0.3 is 0 Å². The van der Waals surface area contributed by atoms with Gasteiger partial charge in [0.1, 0.15) is 5.75 Å². The summed E-state index contributed by atoms with van der Waals surface area (Å²) in [4.78, 5) is 0. The summed E-state index contributed by atoms with van der Waals surface area (Å²) in [7, 11) is 0. The molecule has 0 radical (unpaired) electrons. The summed E-state index contributed by atoms with van der Waals surface area (Å²) >= 11 is 0. The maximum atomic E-state index is 6.70. The zero-order chi connectivity index (χ0) is 22.0. The fraction of sp³-hybridized carbons (Fsp3) is 0.786. The topological polar surface area (TPSA) is 30.5 Å². The maximum Gasteiger partial charge on any atom is 0.200 e. The number of nitrogens with one attached hydrogen (secondary N) is 1. The zero-order valence-electron chi connectivity index (χ0n) is 20.5. The van der Waals surface area contributed by atoms with Crippen molar-refractivity contribution in [2.45, 2.75) is 104 Å². The van der Waals surface area contributed by atoms with Crippen LogP contribution in [0.1, 0.15) is 97.6 Å². The van der Waals surface area contributed by atoms with Crippen LogP contribution in [0.4, 0.5) is 0 Å². The van der Waals surface area contributed by atoms with Crippen LogP contribution < -0.4 is 10.1 Å². The van der Waals surface area contributed by atoms with Crippen LogP contribution in [-0.4, -0.2) is 18.9 Å². The molecular weight excluding hydrogens is 382 g/mol. The minimum atomic E-state index is -0.109. The molecule has 0 spiro atoms. The number of fused-ring (bicyclic) bond motifs is 5. The third kappa shape index (κ3) is 5.14. The van der Waals surface area contributed by atoms with Crippen LogP contribution in [0.5, 0.6) is 5.75 Å². The Morgan fingerprint density at radius 3 is 2.42 bits per heavy atom. The average Bonchev–Trinajstić information content (AvgIpc) is 3.44. The summed E-state index contributed by atoms with van der Waals surface area (Å²) < 4.78 is 13.1. The van der Waals surface area contributed by atoms with Gasteiger partial charge in [-0.15, -0.1) is 0 Å². The summed E-state index contributed by atoms with van der Waals surface area (Å²) in [5, 5.41) is 3.64. The summed E-state index contributed by atoms with van der Waals surface area (Å²) in [5.41, 5.74) is 1.50. The predicted octanol–water partition coefficient (Wildman–Crippen LogP) is 7.12. The van der Waals surface area contributed by atoms with E-state index in [9.17, 15) is 0 Å². The van der Waals surface area contributed by atoms with E-state index in [1.165, 1.54) is 44.1 Å². The Morgan fingerprint density at radius 1 is 1.00 bits per heavy atom. The molecule has 3 fully saturated rings. The van der Waals surface area contributed by atoms with Gasteiger partial charge in [-0.2, -0.15) is 0 Å². The van der Waals surface area contributed by atoms with Gasteiger partial charge in [-0.3, -0.25) is 0 Å². The third-order valence-corrected chi connectivity index (χ3v) is 8.24. The van der Waals surface area contributed by atoms with Crippen LogP contribution in [0.15, 0.2) is 24.3 Å². The molecule has 3 saturated carbocycles. The molecule has 0 saturated heterocycles. The highest BCUT2D eigenvalue weighted by Crippen LogP contribution is 2.59. The molecule has 0 heterocycles. The normalized spacial score (nSPS) is 31.6. The van der Waals surface area contributed by atoms with E-state index in [-0.39, 0.29) is 11.7 Å². The van der Waals surface area contributed by atoms with Crippen LogP contribution in [0, 0.1) is 29.1 Å². The first-order chi connectivity index (χ1) is 14.9. The fourth-order valence-corrected chi connectivity index (χ4v) is 6.90. The molecule has 0 aliphatic heterocycles. The van der Waals surface area contributed by atoms with Crippen LogP contribution in [0.3, 0.4) is 0 Å². The molecule has 0 amide bonds. The van der Waals surface area contributed by atoms with E-state index in [4.69, 9.17) is 9.47 Å². The third-order valence-electron chi connectivity index (χ3n) is 8.24. The maximum absolute atomic E-state index is 6.70. The lowest BCUT2D eigenvalue weighted by Gasteiger charge is -2.34. The molecular formula is C28H45NO2. The molecule has 4 rings (SSSR count). The molecule has 174 valence electrons. The van der Waals surface area contributed by atoms with Crippen molar-refractivity contribution in [3.63, 3.8) is 0 Å².